The summed E-state index contributed by atoms with van der Waals surface area (Å²) in [6.45, 7) is 4.20. The molecule has 2 fully saturated rings. The Hall–Kier alpha value is -0.870. The lowest BCUT2D eigenvalue weighted by molar-refractivity contribution is -0.144. The molecule has 1 saturated heterocycles. The molecule has 1 aliphatic carbocycles. The number of hydrogen-bond donors (Lipinski definition) is 0. The van der Waals surface area contributed by atoms with Gasteiger partial charge in [-0.2, -0.15) is 0 Å². The number of likely N-dealkylation sites (tertiary alicyclic amines) is 1. The summed E-state index contributed by atoms with van der Waals surface area (Å²) in [7, 11) is 0. The largest absolute Gasteiger partial charge is 0.339 e. The van der Waals surface area contributed by atoms with Crippen molar-refractivity contribution in [2.75, 3.05) is 19.6 Å². The highest BCUT2D eigenvalue weighted by molar-refractivity contribution is 7.10. The summed E-state index contributed by atoms with van der Waals surface area (Å²) in [6, 6.07) is 2.88. The Morgan fingerprint density at radius 3 is 2.81 bits per heavy atom. The van der Waals surface area contributed by atoms with Crippen LogP contribution in [0, 0.1) is 5.92 Å². The van der Waals surface area contributed by atoms with E-state index in [0.717, 1.165) is 32.5 Å². The van der Waals surface area contributed by atoms with Crippen molar-refractivity contribution in [3.63, 3.8) is 0 Å². The number of thiophene rings is 1. The minimum absolute atomic E-state index is 0.338. The zero-order chi connectivity index (χ0) is 14.2. The van der Waals surface area contributed by atoms with Gasteiger partial charge in [-0.3, -0.25) is 9.69 Å². The Balaban J connectivity index is 1.30. The van der Waals surface area contributed by atoms with Gasteiger partial charge in [0, 0.05) is 43.0 Å². The zero-order valence-corrected chi connectivity index (χ0v) is 13.4. The van der Waals surface area contributed by atoms with Crippen LogP contribution in [0.1, 0.15) is 42.5 Å². The maximum Gasteiger partial charge on any atom is 0.225 e. The Bertz CT molecular complexity index is 515. The second-order valence-electron chi connectivity index (χ2n) is 6.82. The van der Waals surface area contributed by atoms with Gasteiger partial charge < -0.3 is 4.90 Å². The van der Waals surface area contributed by atoms with E-state index in [1.807, 2.05) is 11.3 Å². The van der Waals surface area contributed by atoms with Crippen LogP contribution in [0.2, 0.25) is 0 Å². The van der Waals surface area contributed by atoms with Gasteiger partial charge in [0.15, 0.2) is 0 Å². The van der Waals surface area contributed by atoms with Crippen molar-refractivity contribution in [2.45, 2.75) is 51.1 Å². The summed E-state index contributed by atoms with van der Waals surface area (Å²) in [6.07, 6.45) is 7.27. The third-order valence-corrected chi connectivity index (χ3v) is 6.50. The van der Waals surface area contributed by atoms with Crippen molar-refractivity contribution in [1.82, 2.24) is 9.80 Å². The molecule has 4 rings (SSSR count). The molecular formula is C17H24N2OS. The summed E-state index contributed by atoms with van der Waals surface area (Å²) >= 11 is 1.90. The van der Waals surface area contributed by atoms with Crippen LogP contribution in [0.4, 0.5) is 0 Å². The summed E-state index contributed by atoms with van der Waals surface area (Å²) in [5.41, 5.74) is 1.52. The fourth-order valence-electron chi connectivity index (χ4n) is 4.06. The fraction of sp³-hybridized carbons (Fsp3) is 0.706. The highest BCUT2D eigenvalue weighted by Crippen LogP contribution is 2.30. The van der Waals surface area contributed by atoms with E-state index in [4.69, 9.17) is 0 Å². The van der Waals surface area contributed by atoms with Crippen LogP contribution in [-0.4, -0.2) is 41.4 Å². The van der Waals surface area contributed by atoms with Gasteiger partial charge in [-0.15, -0.1) is 11.3 Å². The Morgan fingerprint density at radius 1 is 1.19 bits per heavy atom. The van der Waals surface area contributed by atoms with Crippen molar-refractivity contribution < 1.29 is 4.79 Å². The van der Waals surface area contributed by atoms with Crippen LogP contribution in [0.3, 0.4) is 0 Å². The Kier molecular flexibility index (Phi) is 3.76. The van der Waals surface area contributed by atoms with Crippen molar-refractivity contribution in [2.24, 2.45) is 5.92 Å². The van der Waals surface area contributed by atoms with Gasteiger partial charge in [0.05, 0.1) is 0 Å². The smallest absolute Gasteiger partial charge is 0.225 e. The van der Waals surface area contributed by atoms with Crippen LogP contribution in [0.5, 0.6) is 0 Å². The maximum absolute atomic E-state index is 12.5. The molecule has 3 heterocycles. The minimum Gasteiger partial charge on any atom is -0.339 e. The van der Waals surface area contributed by atoms with Crippen LogP contribution in [0.15, 0.2) is 11.4 Å². The third kappa shape index (κ3) is 2.64. The van der Waals surface area contributed by atoms with Gasteiger partial charge in [0.25, 0.3) is 0 Å². The van der Waals surface area contributed by atoms with Gasteiger partial charge in [-0.25, -0.2) is 0 Å². The third-order valence-electron chi connectivity index (χ3n) is 5.48. The number of hydrogen-bond acceptors (Lipinski definition) is 3. The standard InChI is InChI=1S/C17H24N2OS/c20-17(13-4-2-1-3-5-13)19-11-15(12-19)18-8-6-16-14(10-18)7-9-21-16/h7,9,13,15H,1-6,8,10-12H2. The van der Waals surface area contributed by atoms with Gasteiger partial charge >= 0.3 is 0 Å². The molecule has 1 saturated carbocycles. The van der Waals surface area contributed by atoms with Crippen molar-refractivity contribution in [3.8, 4) is 0 Å². The zero-order valence-electron chi connectivity index (χ0n) is 12.6. The normalized spacial score (nSPS) is 24.7. The summed E-state index contributed by atoms with van der Waals surface area (Å²) in [5, 5.41) is 2.22. The van der Waals surface area contributed by atoms with E-state index in [0.29, 0.717) is 17.9 Å². The van der Waals surface area contributed by atoms with E-state index in [1.165, 1.54) is 37.8 Å². The van der Waals surface area contributed by atoms with Crippen LogP contribution in [0.25, 0.3) is 0 Å². The van der Waals surface area contributed by atoms with E-state index >= 15 is 0 Å². The van der Waals surface area contributed by atoms with Gasteiger partial charge in [0.2, 0.25) is 5.91 Å². The van der Waals surface area contributed by atoms with Crippen molar-refractivity contribution in [3.05, 3.63) is 21.9 Å². The predicted octanol–water partition coefficient (Wildman–Crippen LogP) is 2.90. The Labute approximate surface area is 130 Å². The van der Waals surface area contributed by atoms with Crippen LogP contribution >= 0.6 is 11.3 Å². The first kappa shape index (κ1) is 13.8. The topological polar surface area (TPSA) is 23.6 Å². The van der Waals surface area contributed by atoms with Crippen LogP contribution < -0.4 is 0 Å². The molecule has 0 N–H and O–H groups in total. The second kappa shape index (κ2) is 5.73. The SMILES string of the molecule is O=C(C1CCCCC1)N1CC(N2CCc3sccc3C2)C1. The first-order valence-electron chi connectivity index (χ1n) is 8.39. The molecule has 2 aliphatic heterocycles. The quantitative estimate of drug-likeness (QED) is 0.839. The Morgan fingerprint density at radius 2 is 2.00 bits per heavy atom. The second-order valence-corrected chi connectivity index (χ2v) is 7.82. The molecule has 1 aromatic heterocycles. The van der Waals surface area contributed by atoms with Gasteiger partial charge in [-0.1, -0.05) is 19.3 Å². The number of amides is 1. The monoisotopic (exact) mass is 304 g/mol. The average molecular weight is 304 g/mol. The van der Waals surface area contributed by atoms with E-state index < -0.39 is 0 Å². The number of carbonyl (C=O) groups is 1. The molecule has 0 bridgehead atoms. The van der Waals surface area contributed by atoms with Gasteiger partial charge in [-0.05, 0) is 36.3 Å². The molecule has 0 radical (unpaired) electrons. The molecule has 1 aromatic rings. The fourth-order valence-corrected chi connectivity index (χ4v) is 4.95. The summed E-state index contributed by atoms with van der Waals surface area (Å²) in [5.74, 6) is 0.781. The lowest BCUT2D eigenvalue weighted by Gasteiger charge is -2.47. The number of carbonyl (C=O) groups excluding carboxylic acids is 1. The molecular weight excluding hydrogens is 280 g/mol. The number of nitrogens with zero attached hydrogens (tertiary/aromatic N) is 2. The lowest BCUT2D eigenvalue weighted by atomic mass is 9.87. The van der Waals surface area contributed by atoms with E-state index in [1.54, 1.807) is 4.88 Å². The first-order valence-corrected chi connectivity index (χ1v) is 9.27. The van der Waals surface area contributed by atoms with Crippen molar-refractivity contribution in [1.29, 1.82) is 0 Å². The molecule has 0 unspecified atom stereocenters. The molecule has 3 aliphatic rings. The first-order chi connectivity index (χ1) is 10.3. The average Bonchev–Trinajstić information content (AvgIpc) is 2.94. The van der Waals surface area contributed by atoms with E-state index in [-0.39, 0.29) is 0 Å². The minimum atomic E-state index is 0.338. The summed E-state index contributed by atoms with van der Waals surface area (Å²) in [4.78, 5) is 18.7. The molecule has 3 nitrogen and oxygen atoms in total. The van der Waals surface area contributed by atoms with Gasteiger partial charge in [0.1, 0.15) is 0 Å². The lowest BCUT2D eigenvalue weighted by Crippen LogP contribution is -2.62. The molecule has 0 spiro atoms. The van der Waals surface area contributed by atoms with E-state index in [2.05, 4.69) is 21.2 Å². The molecule has 21 heavy (non-hydrogen) atoms. The molecule has 0 atom stereocenters. The summed E-state index contributed by atoms with van der Waals surface area (Å²) < 4.78 is 0. The molecule has 4 heteroatoms. The van der Waals surface area contributed by atoms with E-state index in [9.17, 15) is 4.79 Å². The highest BCUT2D eigenvalue weighted by atomic mass is 32.1. The predicted molar refractivity (Wildman–Crippen MR) is 85.4 cm³/mol. The molecule has 1 amide bonds. The maximum atomic E-state index is 12.5. The van der Waals surface area contributed by atoms with Crippen molar-refractivity contribution >= 4 is 17.2 Å². The van der Waals surface area contributed by atoms with Crippen LogP contribution in [-0.2, 0) is 17.8 Å². The number of fused-ring (bicyclic) bond motifs is 1. The number of rotatable bonds is 2. The molecule has 0 aromatic carbocycles. The molecule has 114 valence electrons. The highest BCUT2D eigenvalue weighted by Gasteiger charge is 2.38.